The third-order valence-electron chi connectivity index (χ3n) is 4.59. The molecule has 1 N–H and O–H groups in total. The molecule has 0 bridgehead atoms. The van der Waals surface area contributed by atoms with Gasteiger partial charge in [0, 0.05) is 19.8 Å². The molecule has 0 spiro atoms. The van der Waals surface area contributed by atoms with Crippen LogP contribution in [0.4, 0.5) is 5.69 Å². The van der Waals surface area contributed by atoms with E-state index in [9.17, 15) is 13.2 Å². The smallest absolute Gasteiger partial charge is 0.242 e. The predicted octanol–water partition coefficient (Wildman–Crippen LogP) is 3.11. The number of carbonyl (C=O) groups excluding carboxylic acids is 1. The minimum atomic E-state index is -3.52. The summed E-state index contributed by atoms with van der Waals surface area (Å²) in [5, 5.41) is 2.86. The Morgan fingerprint density at radius 1 is 1.25 bits per heavy atom. The molecule has 0 aliphatic heterocycles. The van der Waals surface area contributed by atoms with E-state index in [-0.39, 0.29) is 28.1 Å². The van der Waals surface area contributed by atoms with Crippen LogP contribution in [0.2, 0.25) is 0 Å². The normalized spacial score (nSPS) is 22.1. The lowest BCUT2D eigenvalue weighted by Crippen LogP contribution is -2.22. The molecule has 5 nitrogen and oxygen atoms in total. The Morgan fingerprint density at radius 3 is 2.42 bits per heavy atom. The monoisotopic (exact) mass is 350 g/mol. The molecule has 0 radical (unpaired) electrons. The predicted molar refractivity (Wildman–Crippen MR) is 96.1 cm³/mol. The van der Waals surface area contributed by atoms with Gasteiger partial charge in [-0.2, -0.15) is 0 Å². The molecular weight excluding hydrogens is 324 g/mol. The van der Waals surface area contributed by atoms with Crippen LogP contribution in [-0.2, 0) is 14.8 Å². The fraction of sp³-hybridized carbons (Fsp3) is 0.500. The Labute approximate surface area is 144 Å². The summed E-state index contributed by atoms with van der Waals surface area (Å²) in [5.74, 6) is 0.0552. The van der Waals surface area contributed by atoms with Gasteiger partial charge in [-0.15, -0.1) is 0 Å². The van der Waals surface area contributed by atoms with Crippen LogP contribution in [-0.4, -0.2) is 32.7 Å². The molecule has 1 saturated carbocycles. The molecule has 1 aliphatic rings. The summed E-state index contributed by atoms with van der Waals surface area (Å²) in [5.41, 5.74) is 1.62. The third kappa shape index (κ3) is 3.54. The van der Waals surface area contributed by atoms with Crippen molar-refractivity contribution in [3.05, 3.63) is 35.9 Å². The van der Waals surface area contributed by atoms with Gasteiger partial charge in [0.1, 0.15) is 0 Å². The SMILES string of the molecule is CC(C)=C[C@@H]1[C@H](C(=O)Nc2cccc(S(=O)(=O)N(C)C)c2)C1(C)C. The van der Waals surface area contributed by atoms with Crippen LogP contribution >= 0.6 is 0 Å². The molecule has 1 amide bonds. The van der Waals surface area contributed by atoms with Gasteiger partial charge in [-0.1, -0.05) is 31.6 Å². The first-order chi connectivity index (χ1) is 11.0. The van der Waals surface area contributed by atoms with Crippen molar-refractivity contribution in [3.63, 3.8) is 0 Å². The molecule has 1 aromatic rings. The average molecular weight is 350 g/mol. The van der Waals surface area contributed by atoms with E-state index < -0.39 is 10.0 Å². The van der Waals surface area contributed by atoms with Crippen LogP contribution in [0.25, 0.3) is 0 Å². The minimum Gasteiger partial charge on any atom is -0.326 e. The van der Waals surface area contributed by atoms with Gasteiger partial charge in [-0.3, -0.25) is 4.79 Å². The Hall–Kier alpha value is -1.66. The lowest BCUT2D eigenvalue weighted by molar-refractivity contribution is -0.118. The molecule has 0 heterocycles. The van der Waals surface area contributed by atoms with Crippen molar-refractivity contribution in [2.45, 2.75) is 32.6 Å². The molecule has 1 fully saturated rings. The molecule has 0 saturated heterocycles. The number of nitrogens with zero attached hydrogens (tertiary/aromatic N) is 1. The summed E-state index contributed by atoms with van der Waals surface area (Å²) in [6.45, 7) is 8.21. The van der Waals surface area contributed by atoms with Gasteiger partial charge in [-0.05, 0) is 43.4 Å². The van der Waals surface area contributed by atoms with E-state index in [4.69, 9.17) is 0 Å². The van der Waals surface area contributed by atoms with Crippen molar-refractivity contribution in [1.29, 1.82) is 0 Å². The number of anilines is 1. The molecule has 132 valence electrons. The van der Waals surface area contributed by atoms with E-state index in [2.05, 4.69) is 25.2 Å². The van der Waals surface area contributed by atoms with Crippen molar-refractivity contribution in [2.75, 3.05) is 19.4 Å². The van der Waals surface area contributed by atoms with Gasteiger partial charge in [0.05, 0.1) is 10.8 Å². The Kier molecular flexibility index (Phi) is 4.93. The second kappa shape index (κ2) is 6.33. The van der Waals surface area contributed by atoms with Crippen molar-refractivity contribution in [1.82, 2.24) is 4.31 Å². The van der Waals surface area contributed by atoms with Crippen molar-refractivity contribution < 1.29 is 13.2 Å². The first kappa shape index (κ1) is 18.7. The molecule has 1 aliphatic carbocycles. The first-order valence-electron chi connectivity index (χ1n) is 7.96. The van der Waals surface area contributed by atoms with Crippen molar-refractivity contribution >= 4 is 21.6 Å². The second-order valence-electron chi connectivity index (χ2n) is 7.37. The Balaban J connectivity index is 2.18. The fourth-order valence-electron chi connectivity index (χ4n) is 3.01. The van der Waals surface area contributed by atoms with Crippen LogP contribution in [0.5, 0.6) is 0 Å². The average Bonchev–Trinajstić information content (AvgIpc) is 2.99. The Bertz CT molecular complexity index is 775. The first-order valence-corrected chi connectivity index (χ1v) is 9.40. The van der Waals surface area contributed by atoms with E-state index in [1.54, 1.807) is 12.1 Å². The quantitative estimate of drug-likeness (QED) is 0.830. The highest BCUT2D eigenvalue weighted by molar-refractivity contribution is 7.89. The second-order valence-corrected chi connectivity index (χ2v) is 9.53. The maximum absolute atomic E-state index is 12.6. The lowest BCUT2D eigenvalue weighted by atomic mass is 10.1. The highest BCUT2D eigenvalue weighted by Crippen LogP contribution is 2.59. The summed E-state index contributed by atoms with van der Waals surface area (Å²) in [6.07, 6.45) is 2.14. The van der Waals surface area contributed by atoms with Gasteiger partial charge >= 0.3 is 0 Å². The van der Waals surface area contributed by atoms with Crippen LogP contribution < -0.4 is 5.32 Å². The highest BCUT2D eigenvalue weighted by Gasteiger charge is 2.60. The van der Waals surface area contributed by atoms with Gasteiger partial charge in [-0.25, -0.2) is 12.7 Å². The van der Waals surface area contributed by atoms with Gasteiger partial charge in [0.25, 0.3) is 0 Å². The van der Waals surface area contributed by atoms with Crippen LogP contribution in [0.1, 0.15) is 27.7 Å². The number of sulfonamides is 1. The van der Waals surface area contributed by atoms with E-state index in [0.29, 0.717) is 5.69 Å². The van der Waals surface area contributed by atoms with E-state index in [0.717, 1.165) is 4.31 Å². The molecule has 0 aromatic heterocycles. The van der Waals surface area contributed by atoms with E-state index in [1.807, 2.05) is 13.8 Å². The third-order valence-corrected chi connectivity index (χ3v) is 6.40. The van der Waals surface area contributed by atoms with Crippen LogP contribution in [0.15, 0.2) is 40.8 Å². The van der Waals surface area contributed by atoms with Gasteiger partial charge in [0.15, 0.2) is 0 Å². The van der Waals surface area contributed by atoms with Crippen LogP contribution in [0, 0.1) is 17.3 Å². The molecule has 2 rings (SSSR count). The van der Waals surface area contributed by atoms with Gasteiger partial charge < -0.3 is 5.32 Å². The van der Waals surface area contributed by atoms with Crippen molar-refractivity contribution in [3.8, 4) is 0 Å². The zero-order valence-corrected chi connectivity index (χ0v) is 15.9. The largest absolute Gasteiger partial charge is 0.326 e. The molecule has 2 atom stereocenters. The molecule has 0 unspecified atom stereocenters. The number of amides is 1. The molecule has 24 heavy (non-hydrogen) atoms. The zero-order chi connectivity index (χ0) is 18.3. The topological polar surface area (TPSA) is 66.5 Å². The number of hydrogen-bond donors (Lipinski definition) is 1. The summed E-state index contributed by atoms with van der Waals surface area (Å²) >= 11 is 0. The summed E-state index contributed by atoms with van der Waals surface area (Å²) in [4.78, 5) is 12.7. The maximum atomic E-state index is 12.6. The fourth-order valence-corrected chi connectivity index (χ4v) is 3.96. The van der Waals surface area contributed by atoms with Gasteiger partial charge in [0.2, 0.25) is 15.9 Å². The number of nitrogens with one attached hydrogen (secondary N) is 1. The number of carbonyl (C=O) groups is 1. The highest BCUT2D eigenvalue weighted by atomic mass is 32.2. The summed E-state index contributed by atoms with van der Waals surface area (Å²) < 4.78 is 25.6. The zero-order valence-electron chi connectivity index (χ0n) is 15.1. The standard InChI is InChI=1S/C18H26N2O3S/c1-12(2)10-15-16(18(15,3)4)17(21)19-13-8-7-9-14(11-13)24(22,23)20(5)6/h7-11,15-16H,1-6H3,(H,19,21)/t15-,16-/m1/s1. The number of allylic oxidation sites excluding steroid dienone is 2. The Morgan fingerprint density at radius 2 is 1.88 bits per heavy atom. The van der Waals surface area contributed by atoms with Crippen LogP contribution in [0.3, 0.4) is 0 Å². The molecular formula is C18H26N2O3S. The summed E-state index contributed by atoms with van der Waals surface area (Å²) in [7, 11) is -0.550. The number of rotatable bonds is 5. The summed E-state index contributed by atoms with van der Waals surface area (Å²) in [6, 6.07) is 6.37. The van der Waals surface area contributed by atoms with E-state index >= 15 is 0 Å². The minimum absolute atomic E-state index is 0.0677. The molecule has 6 heteroatoms. The van der Waals surface area contributed by atoms with E-state index in [1.165, 1.54) is 31.8 Å². The number of benzene rings is 1. The lowest BCUT2D eigenvalue weighted by Gasteiger charge is -2.13. The maximum Gasteiger partial charge on any atom is 0.242 e. The van der Waals surface area contributed by atoms with Crippen molar-refractivity contribution in [2.24, 2.45) is 17.3 Å². The number of hydrogen-bond acceptors (Lipinski definition) is 3. The molecule has 1 aromatic carbocycles.